The molecule has 4 rings (SSSR count). The first-order chi connectivity index (χ1) is 10.9. The summed E-state index contributed by atoms with van der Waals surface area (Å²) in [5.74, 6) is 3.29. The van der Waals surface area contributed by atoms with Gasteiger partial charge < -0.3 is 0 Å². The van der Waals surface area contributed by atoms with Gasteiger partial charge in [0, 0.05) is 12.3 Å². The summed E-state index contributed by atoms with van der Waals surface area (Å²) in [6, 6.07) is 0. The van der Waals surface area contributed by atoms with E-state index in [4.69, 9.17) is 0 Å². The Balaban J connectivity index is 1.67. The van der Waals surface area contributed by atoms with Crippen molar-refractivity contribution in [2.24, 2.45) is 34.5 Å². The normalized spacial score (nSPS) is 49.0. The standard InChI is InChI=1S/C21H30O2/c1-13(22)17-6-7-18-16-5-4-14-12-15(23)8-10-20(14,2)19(16)9-11-21(17,18)3/h12,16-19H,4-11H2,1-3H3/t16-,17+,18-,19+,20-,21+/m0/s1. The minimum absolute atomic E-state index is 0.245. The molecule has 0 saturated heterocycles. The summed E-state index contributed by atoms with van der Waals surface area (Å²) < 4.78 is 0. The molecule has 0 radical (unpaired) electrons. The van der Waals surface area contributed by atoms with Gasteiger partial charge in [-0.2, -0.15) is 0 Å². The quantitative estimate of drug-likeness (QED) is 0.701. The number of hydrogen-bond acceptors (Lipinski definition) is 2. The lowest BCUT2D eigenvalue weighted by atomic mass is 9.47. The maximum absolute atomic E-state index is 12.1. The Labute approximate surface area is 140 Å². The van der Waals surface area contributed by atoms with E-state index in [2.05, 4.69) is 13.8 Å². The van der Waals surface area contributed by atoms with Crippen LogP contribution in [0, 0.1) is 34.5 Å². The Morgan fingerprint density at radius 1 is 1.04 bits per heavy atom. The van der Waals surface area contributed by atoms with E-state index in [1.54, 1.807) is 6.92 Å². The van der Waals surface area contributed by atoms with Gasteiger partial charge in [-0.05, 0) is 86.5 Å². The number of carbonyl (C=O) groups excluding carboxylic acids is 2. The highest BCUT2D eigenvalue weighted by Gasteiger charge is 2.59. The molecular weight excluding hydrogens is 284 g/mol. The third-order valence-corrected chi connectivity index (χ3v) is 8.45. The number of rotatable bonds is 1. The van der Waals surface area contributed by atoms with Gasteiger partial charge in [-0.15, -0.1) is 0 Å². The van der Waals surface area contributed by atoms with Gasteiger partial charge in [0.15, 0.2) is 5.78 Å². The Morgan fingerprint density at radius 3 is 2.57 bits per heavy atom. The average Bonchev–Trinajstić information content (AvgIpc) is 2.85. The zero-order chi connectivity index (χ0) is 16.4. The monoisotopic (exact) mass is 314 g/mol. The number of Topliss-reactive ketones (excluding diaryl/α,β-unsaturated/α-hetero) is 1. The van der Waals surface area contributed by atoms with Crippen molar-refractivity contribution >= 4 is 11.6 Å². The number of fused-ring (bicyclic) bond motifs is 5. The molecule has 0 aromatic rings. The van der Waals surface area contributed by atoms with Crippen LogP contribution in [0.25, 0.3) is 0 Å². The van der Waals surface area contributed by atoms with Gasteiger partial charge in [0.2, 0.25) is 0 Å². The van der Waals surface area contributed by atoms with Crippen LogP contribution in [-0.4, -0.2) is 11.6 Å². The summed E-state index contributed by atoms with van der Waals surface area (Å²) >= 11 is 0. The first-order valence-corrected chi connectivity index (χ1v) is 9.60. The second-order valence-electron chi connectivity index (χ2n) is 9.25. The first kappa shape index (κ1) is 15.6. The summed E-state index contributed by atoms with van der Waals surface area (Å²) in [4.78, 5) is 24.0. The molecule has 0 amide bonds. The average molecular weight is 314 g/mol. The number of ketones is 2. The molecule has 23 heavy (non-hydrogen) atoms. The van der Waals surface area contributed by atoms with Gasteiger partial charge in [0.05, 0.1) is 0 Å². The predicted molar refractivity (Wildman–Crippen MR) is 90.9 cm³/mol. The highest BCUT2D eigenvalue weighted by Crippen LogP contribution is 2.66. The molecule has 2 nitrogen and oxygen atoms in total. The number of carbonyl (C=O) groups is 2. The van der Waals surface area contributed by atoms with Crippen molar-refractivity contribution < 1.29 is 9.59 Å². The molecule has 0 aromatic carbocycles. The molecule has 0 bridgehead atoms. The molecule has 2 heteroatoms. The predicted octanol–water partition coefficient (Wildman–Crippen LogP) is 4.72. The van der Waals surface area contributed by atoms with Crippen molar-refractivity contribution in [3.8, 4) is 0 Å². The molecule has 4 aliphatic carbocycles. The van der Waals surface area contributed by atoms with E-state index in [0.717, 1.165) is 43.4 Å². The Morgan fingerprint density at radius 2 is 1.83 bits per heavy atom. The molecule has 0 aliphatic heterocycles. The zero-order valence-corrected chi connectivity index (χ0v) is 14.9. The molecule has 0 unspecified atom stereocenters. The third kappa shape index (κ3) is 2.06. The van der Waals surface area contributed by atoms with Gasteiger partial charge in [0.25, 0.3) is 0 Å². The summed E-state index contributed by atoms with van der Waals surface area (Å²) in [6.07, 6.45) is 10.9. The molecule has 4 aliphatic rings. The molecular formula is C21H30O2. The van der Waals surface area contributed by atoms with Crippen molar-refractivity contribution in [1.29, 1.82) is 0 Å². The smallest absolute Gasteiger partial charge is 0.155 e. The lowest BCUT2D eigenvalue weighted by molar-refractivity contribution is -0.128. The highest BCUT2D eigenvalue weighted by molar-refractivity contribution is 5.91. The van der Waals surface area contributed by atoms with E-state index in [9.17, 15) is 9.59 Å². The lowest BCUT2D eigenvalue weighted by Crippen LogP contribution is -2.51. The van der Waals surface area contributed by atoms with E-state index in [0.29, 0.717) is 17.5 Å². The summed E-state index contributed by atoms with van der Waals surface area (Å²) in [5, 5.41) is 0. The van der Waals surface area contributed by atoms with Crippen molar-refractivity contribution in [3.05, 3.63) is 11.6 Å². The topological polar surface area (TPSA) is 34.1 Å². The SMILES string of the molecule is CC(=O)[C@H]1CC[C@H]2[C@@H]3CCC4=CC(=O)CC[C@]4(C)[C@@H]3CC[C@]12C. The van der Waals surface area contributed by atoms with Crippen LogP contribution in [0.4, 0.5) is 0 Å². The minimum atomic E-state index is 0.245. The van der Waals surface area contributed by atoms with Crippen molar-refractivity contribution in [1.82, 2.24) is 0 Å². The van der Waals surface area contributed by atoms with E-state index >= 15 is 0 Å². The molecule has 6 atom stereocenters. The van der Waals surface area contributed by atoms with Gasteiger partial charge in [0.1, 0.15) is 5.78 Å². The lowest BCUT2D eigenvalue weighted by Gasteiger charge is -2.58. The summed E-state index contributed by atoms with van der Waals surface area (Å²) in [6.45, 7) is 6.65. The van der Waals surface area contributed by atoms with E-state index in [1.807, 2.05) is 6.08 Å². The molecule has 0 spiro atoms. The second-order valence-corrected chi connectivity index (χ2v) is 9.25. The number of hydrogen-bond donors (Lipinski definition) is 0. The van der Waals surface area contributed by atoms with Gasteiger partial charge in [-0.25, -0.2) is 0 Å². The van der Waals surface area contributed by atoms with E-state index in [1.165, 1.54) is 31.3 Å². The second kappa shape index (κ2) is 5.04. The number of allylic oxidation sites excluding steroid dienone is 1. The van der Waals surface area contributed by atoms with Crippen molar-refractivity contribution in [2.45, 2.75) is 72.1 Å². The molecule has 126 valence electrons. The molecule has 0 N–H and O–H groups in total. The third-order valence-electron chi connectivity index (χ3n) is 8.45. The van der Waals surface area contributed by atoms with E-state index in [-0.39, 0.29) is 10.8 Å². The molecule has 0 aromatic heterocycles. The van der Waals surface area contributed by atoms with Crippen LogP contribution in [0.15, 0.2) is 11.6 Å². The fourth-order valence-electron chi connectivity index (χ4n) is 7.23. The van der Waals surface area contributed by atoms with Crippen LogP contribution >= 0.6 is 0 Å². The summed E-state index contributed by atoms with van der Waals surface area (Å²) in [5.41, 5.74) is 1.95. The molecule has 3 fully saturated rings. The minimum Gasteiger partial charge on any atom is -0.300 e. The van der Waals surface area contributed by atoms with Crippen LogP contribution in [0.2, 0.25) is 0 Å². The maximum Gasteiger partial charge on any atom is 0.155 e. The van der Waals surface area contributed by atoms with Crippen molar-refractivity contribution in [2.75, 3.05) is 0 Å². The van der Waals surface area contributed by atoms with E-state index < -0.39 is 0 Å². The van der Waals surface area contributed by atoms with Crippen LogP contribution < -0.4 is 0 Å². The van der Waals surface area contributed by atoms with Crippen LogP contribution in [-0.2, 0) is 9.59 Å². The fourth-order valence-corrected chi connectivity index (χ4v) is 7.23. The Hall–Kier alpha value is -0.920. The largest absolute Gasteiger partial charge is 0.300 e. The maximum atomic E-state index is 12.1. The fraction of sp³-hybridized carbons (Fsp3) is 0.810. The van der Waals surface area contributed by atoms with Crippen LogP contribution in [0.5, 0.6) is 0 Å². The van der Waals surface area contributed by atoms with Crippen molar-refractivity contribution in [3.63, 3.8) is 0 Å². The molecule has 0 heterocycles. The first-order valence-electron chi connectivity index (χ1n) is 9.60. The zero-order valence-electron chi connectivity index (χ0n) is 14.9. The highest BCUT2D eigenvalue weighted by atomic mass is 16.1. The van der Waals surface area contributed by atoms with Gasteiger partial charge in [-0.1, -0.05) is 19.4 Å². The Bertz CT molecular complexity index is 589. The van der Waals surface area contributed by atoms with Gasteiger partial charge in [-0.3, -0.25) is 9.59 Å². The van der Waals surface area contributed by atoms with Crippen LogP contribution in [0.3, 0.4) is 0 Å². The summed E-state index contributed by atoms with van der Waals surface area (Å²) in [7, 11) is 0. The van der Waals surface area contributed by atoms with Gasteiger partial charge >= 0.3 is 0 Å². The molecule has 3 saturated carbocycles. The van der Waals surface area contributed by atoms with Crippen LogP contribution in [0.1, 0.15) is 72.1 Å². The Kier molecular flexibility index (Phi) is 3.42.